The number of amides is 1. The maximum atomic E-state index is 12.2. The van der Waals surface area contributed by atoms with Crippen LogP contribution in [0.25, 0.3) is 10.8 Å². The lowest BCUT2D eigenvalue weighted by atomic mass is 10.1. The second-order valence-corrected chi connectivity index (χ2v) is 5.83. The average Bonchev–Trinajstić information content (AvgIpc) is 3.39. The number of pyridine rings is 1. The number of benzene rings is 2. The maximum absolute atomic E-state index is 12.2. The molecular weight excluding hydrogens is 286 g/mol. The molecule has 1 aliphatic rings. The Hall–Kier alpha value is -2.88. The number of anilines is 2. The molecule has 1 fully saturated rings. The van der Waals surface area contributed by atoms with E-state index in [-0.39, 0.29) is 5.91 Å². The van der Waals surface area contributed by atoms with Crippen molar-refractivity contribution in [3.8, 4) is 0 Å². The molecule has 1 aliphatic carbocycles. The zero-order chi connectivity index (χ0) is 15.6. The van der Waals surface area contributed by atoms with Gasteiger partial charge >= 0.3 is 0 Å². The van der Waals surface area contributed by atoms with Crippen molar-refractivity contribution in [3.63, 3.8) is 0 Å². The first kappa shape index (κ1) is 13.8. The van der Waals surface area contributed by atoms with Crippen LogP contribution in [0.4, 0.5) is 11.5 Å². The van der Waals surface area contributed by atoms with Crippen LogP contribution in [0.2, 0.25) is 0 Å². The normalized spacial score (nSPS) is 13.7. The van der Waals surface area contributed by atoms with Crippen LogP contribution in [-0.2, 0) is 0 Å². The Bertz CT molecular complexity index is 866. The molecule has 1 heterocycles. The van der Waals surface area contributed by atoms with E-state index in [1.165, 1.54) is 0 Å². The SMILES string of the molecule is O=C(NC1CC1)c1cccc(Nc2nccc3ccccc23)c1. The van der Waals surface area contributed by atoms with E-state index < -0.39 is 0 Å². The molecule has 0 unspecified atom stereocenters. The fourth-order valence-corrected chi connectivity index (χ4v) is 2.59. The van der Waals surface area contributed by atoms with Crippen molar-refractivity contribution in [2.24, 2.45) is 0 Å². The van der Waals surface area contributed by atoms with E-state index in [2.05, 4.69) is 21.7 Å². The lowest BCUT2D eigenvalue weighted by molar-refractivity contribution is 0.0951. The summed E-state index contributed by atoms with van der Waals surface area (Å²) in [6.07, 6.45) is 3.96. The minimum atomic E-state index is -0.0120. The molecule has 114 valence electrons. The highest BCUT2D eigenvalue weighted by atomic mass is 16.1. The number of carbonyl (C=O) groups is 1. The minimum Gasteiger partial charge on any atom is -0.349 e. The van der Waals surface area contributed by atoms with Gasteiger partial charge in [-0.25, -0.2) is 4.98 Å². The molecule has 0 bridgehead atoms. The zero-order valence-corrected chi connectivity index (χ0v) is 12.6. The largest absolute Gasteiger partial charge is 0.349 e. The molecule has 2 aromatic carbocycles. The number of nitrogens with zero attached hydrogens (tertiary/aromatic N) is 1. The van der Waals surface area contributed by atoms with Gasteiger partial charge in [0.05, 0.1) is 0 Å². The predicted molar refractivity (Wildman–Crippen MR) is 92.0 cm³/mol. The molecule has 0 radical (unpaired) electrons. The van der Waals surface area contributed by atoms with E-state index in [4.69, 9.17) is 0 Å². The van der Waals surface area contributed by atoms with Crippen molar-refractivity contribution in [1.29, 1.82) is 0 Å². The first-order valence-corrected chi connectivity index (χ1v) is 7.81. The van der Waals surface area contributed by atoms with Crippen LogP contribution in [-0.4, -0.2) is 16.9 Å². The van der Waals surface area contributed by atoms with Crippen LogP contribution in [0.1, 0.15) is 23.2 Å². The van der Waals surface area contributed by atoms with Gasteiger partial charge < -0.3 is 10.6 Å². The van der Waals surface area contributed by atoms with Gasteiger partial charge in [0.15, 0.2) is 0 Å². The van der Waals surface area contributed by atoms with Gasteiger partial charge in [0, 0.05) is 28.9 Å². The number of fused-ring (bicyclic) bond motifs is 1. The molecule has 1 aromatic heterocycles. The number of rotatable bonds is 4. The average molecular weight is 303 g/mol. The standard InChI is InChI=1S/C19H17N3O/c23-19(22-15-8-9-15)14-5-3-6-16(12-14)21-18-17-7-2-1-4-13(17)10-11-20-18/h1-7,10-12,15H,8-9H2,(H,20,21)(H,22,23). The Morgan fingerprint density at radius 3 is 2.78 bits per heavy atom. The molecule has 23 heavy (non-hydrogen) atoms. The predicted octanol–water partition coefficient (Wildman–Crippen LogP) is 3.87. The summed E-state index contributed by atoms with van der Waals surface area (Å²) >= 11 is 0. The van der Waals surface area contributed by atoms with Gasteiger partial charge in [0.25, 0.3) is 5.91 Å². The van der Waals surface area contributed by atoms with Crippen molar-refractivity contribution in [3.05, 3.63) is 66.4 Å². The molecule has 0 atom stereocenters. The summed E-state index contributed by atoms with van der Waals surface area (Å²) in [5.74, 6) is 0.782. The molecule has 4 nitrogen and oxygen atoms in total. The molecule has 0 aliphatic heterocycles. The Labute approximate surface area is 134 Å². The van der Waals surface area contributed by atoms with Crippen LogP contribution in [0, 0.1) is 0 Å². The Balaban J connectivity index is 1.61. The van der Waals surface area contributed by atoms with E-state index in [1.807, 2.05) is 48.5 Å². The summed E-state index contributed by atoms with van der Waals surface area (Å²) in [6, 6.07) is 18.0. The lowest BCUT2D eigenvalue weighted by Gasteiger charge is -2.10. The van der Waals surface area contributed by atoms with Gasteiger partial charge in [-0.2, -0.15) is 0 Å². The molecule has 4 rings (SSSR count). The van der Waals surface area contributed by atoms with E-state index >= 15 is 0 Å². The summed E-state index contributed by atoms with van der Waals surface area (Å²) < 4.78 is 0. The van der Waals surface area contributed by atoms with Crippen molar-refractivity contribution >= 4 is 28.2 Å². The number of nitrogens with one attached hydrogen (secondary N) is 2. The van der Waals surface area contributed by atoms with E-state index in [0.717, 1.165) is 35.1 Å². The molecule has 1 saturated carbocycles. The molecule has 2 N–H and O–H groups in total. The highest BCUT2D eigenvalue weighted by Crippen LogP contribution is 2.25. The Kier molecular flexibility index (Phi) is 3.42. The van der Waals surface area contributed by atoms with Gasteiger partial charge in [-0.1, -0.05) is 30.3 Å². The van der Waals surface area contributed by atoms with Gasteiger partial charge in [0.2, 0.25) is 0 Å². The fourth-order valence-electron chi connectivity index (χ4n) is 2.59. The van der Waals surface area contributed by atoms with Gasteiger partial charge in [-0.05, 0) is 42.5 Å². The van der Waals surface area contributed by atoms with Crippen molar-refractivity contribution in [1.82, 2.24) is 10.3 Å². The number of hydrogen-bond acceptors (Lipinski definition) is 3. The van der Waals surface area contributed by atoms with E-state index in [1.54, 1.807) is 6.20 Å². The summed E-state index contributed by atoms with van der Waals surface area (Å²) in [4.78, 5) is 16.6. The maximum Gasteiger partial charge on any atom is 0.251 e. The summed E-state index contributed by atoms with van der Waals surface area (Å²) in [5.41, 5.74) is 1.53. The van der Waals surface area contributed by atoms with E-state index in [9.17, 15) is 4.79 Å². The third-order valence-electron chi connectivity index (χ3n) is 3.97. The van der Waals surface area contributed by atoms with Gasteiger partial charge in [0.1, 0.15) is 5.82 Å². The monoisotopic (exact) mass is 303 g/mol. The summed E-state index contributed by atoms with van der Waals surface area (Å²) in [6.45, 7) is 0. The zero-order valence-electron chi connectivity index (χ0n) is 12.6. The summed E-state index contributed by atoms with van der Waals surface area (Å²) in [5, 5.41) is 8.52. The van der Waals surface area contributed by atoms with Crippen molar-refractivity contribution in [2.75, 3.05) is 5.32 Å². The second kappa shape index (κ2) is 5.72. The molecule has 4 heteroatoms. The van der Waals surface area contributed by atoms with Crippen LogP contribution in [0.3, 0.4) is 0 Å². The third-order valence-corrected chi connectivity index (χ3v) is 3.97. The number of aromatic nitrogens is 1. The minimum absolute atomic E-state index is 0.0120. The summed E-state index contributed by atoms with van der Waals surface area (Å²) in [7, 11) is 0. The molecule has 0 spiro atoms. The highest BCUT2D eigenvalue weighted by Gasteiger charge is 2.23. The number of hydrogen-bond donors (Lipinski definition) is 2. The van der Waals surface area contributed by atoms with E-state index in [0.29, 0.717) is 11.6 Å². The first-order valence-electron chi connectivity index (χ1n) is 7.81. The smallest absolute Gasteiger partial charge is 0.251 e. The highest BCUT2D eigenvalue weighted by molar-refractivity contribution is 5.96. The third kappa shape index (κ3) is 3.01. The Morgan fingerprint density at radius 2 is 1.91 bits per heavy atom. The topological polar surface area (TPSA) is 54.0 Å². The van der Waals surface area contributed by atoms with Gasteiger partial charge in [-0.3, -0.25) is 4.79 Å². The first-order chi connectivity index (χ1) is 11.3. The fraction of sp³-hybridized carbons (Fsp3) is 0.158. The van der Waals surface area contributed by atoms with Crippen molar-refractivity contribution < 1.29 is 4.79 Å². The Morgan fingerprint density at radius 1 is 1.04 bits per heavy atom. The molecule has 0 saturated heterocycles. The van der Waals surface area contributed by atoms with Crippen molar-refractivity contribution in [2.45, 2.75) is 18.9 Å². The quantitative estimate of drug-likeness (QED) is 0.769. The van der Waals surface area contributed by atoms with Crippen LogP contribution < -0.4 is 10.6 Å². The second-order valence-electron chi connectivity index (χ2n) is 5.83. The lowest BCUT2D eigenvalue weighted by Crippen LogP contribution is -2.25. The van der Waals surface area contributed by atoms with Crippen LogP contribution >= 0.6 is 0 Å². The molecular formula is C19H17N3O. The van der Waals surface area contributed by atoms with Gasteiger partial charge in [-0.15, -0.1) is 0 Å². The van der Waals surface area contributed by atoms with Crippen LogP contribution in [0.15, 0.2) is 60.8 Å². The number of carbonyl (C=O) groups excluding carboxylic acids is 1. The molecule has 1 amide bonds. The van der Waals surface area contributed by atoms with Crippen LogP contribution in [0.5, 0.6) is 0 Å². The molecule has 3 aromatic rings.